The average Bonchev–Trinajstić information content (AvgIpc) is 3.72. The zero-order valence-electron chi connectivity index (χ0n) is 28.0. The Morgan fingerprint density at radius 3 is 2.52 bits per heavy atom. The van der Waals surface area contributed by atoms with Crippen molar-refractivity contribution in [3.05, 3.63) is 58.6 Å². The number of hydrogen-bond donors (Lipinski definition) is 7. The first kappa shape index (κ1) is 36.8. The Balaban J connectivity index is 1.27. The van der Waals surface area contributed by atoms with Gasteiger partial charge in [-0.1, -0.05) is 30.7 Å². The molecule has 272 valence electrons. The summed E-state index contributed by atoms with van der Waals surface area (Å²) in [6, 6.07) is 11.4. The molecule has 3 saturated heterocycles. The van der Waals surface area contributed by atoms with Crippen LogP contribution in [0.2, 0.25) is 23.7 Å². The predicted octanol–water partition coefficient (Wildman–Crippen LogP) is 0.796. The molecule has 6 rings (SSSR count). The van der Waals surface area contributed by atoms with Crippen molar-refractivity contribution in [3.63, 3.8) is 0 Å². The molecule has 50 heavy (non-hydrogen) atoms. The quantitative estimate of drug-likeness (QED) is 0.189. The molecule has 3 amide bonds. The van der Waals surface area contributed by atoms with Crippen molar-refractivity contribution in [1.82, 2.24) is 4.90 Å². The van der Waals surface area contributed by atoms with Crippen LogP contribution in [0.1, 0.15) is 37.3 Å². The molecule has 10 atom stereocenters. The molecule has 1 spiro atoms. The van der Waals surface area contributed by atoms with Crippen LogP contribution in [-0.4, -0.2) is 117 Å². The second-order valence-electron chi connectivity index (χ2n) is 14.3. The number of carbonyl (C=O) groups excluding carboxylic acids is 3. The topological polar surface area (TPSA) is 210 Å². The summed E-state index contributed by atoms with van der Waals surface area (Å²) in [5.74, 6) is -1.99. The molecule has 0 aromatic heterocycles. The molecule has 16 heteroatoms. The Kier molecular flexibility index (Phi) is 10.2. The molecule has 2 aromatic rings. The highest BCUT2D eigenvalue weighted by Crippen LogP contribution is 2.60. The summed E-state index contributed by atoms with van der Waals surface area (Å²) in [5.41, 5.74) is -0.0878. The van der Waals surface area contributed by atoms with Gasteiger partial charge >= 0.3 is 0 Å². The predicted molar refractivity (Wildman–Crippen MR) is 182 cm³/mol. The van der Waals surface area contributed by atoms with E-state index < -0.39 is 68.1 Å². The number of aliphatic hydroxyl groups excluding tert-OH is 5. The smallest absolute Gasteiger partial charge is 0.264 e. The number of nitrogens with one attached hydrogen (secondary N) is 1. The fourth-order valence-corrected chi connectivity index (χ4v) is 11.0. The van der Waals surface area contributed by atoms with Gasteiger partial charge < -0.3 is 54.9 Å². The van der Waals surface area contributed by atoms with E-state index >= 15 is 0 Å². The number of benzene rings is 2. The highest BCUT2D eigenvalue weighted by molar-refractivity contribution is 6.71. The first-order valence-electron chi connectivity index (χ1n) is 16.8. The summed E-state index contributed by atoms with van der Waals surface area (Å²) >= 11 is 6.50. The Hall–Kier alpha value is -2.96. The largest absolute Gasteiger partial charge is 0.432 e. The highest BCUT2D eigenvalue weighted by atomic mass is 35.5. The second kappa shape index (κ2) is 13.9. The number of hydrogen-bond acceptors (Lipinski definition) is 11. The number of aliphatic hydroxyl groups is 5. The van der Waals surface area contributed by atoms with Crippen molar-refractivity contribution in [2.24, 2.45) is 5.92 Å². The molecule has 0 unspecified atom stereocenters. The van der Waals surface area contributed by atoms with Gasteiger partial charge in [0.05, 0.1) is 37.4 Å². The van der Waals surface area contributed by atoms with Gasteiger partial charge in [0.1, 0.15) is 18.3 Å². The number of nitrogens with zero attached hydrogens (tertiary/aromatic N) is 2. The maximum Gasteiger partial charge on any atom is 0.264 e. The monoisotopic (exact) mass is 733 g/mol. The third kappa shape index (κ3) is 6.38. The minimum absolute atomic E-state index is 0.0430. The molecule has 7 N–H and O–H groups in total. The van der Waals surface area contributed by atoms with Gasteiger partial charge in [0, 0.05) is 34.3 Å². The van der Waals surface area contributed by atoms with Crippen LogP contribution in [0.15, 0.2) is 42.5 Å². The lowest BCUT2D eigenvalue weighted by Crippen LogP contribution is -2.60. The second-order valence-corrected chi connectivity index (χ2v) is 18.7. The molecule has 4 aliphatic rings. The number of ether oxygens (including phenoxy) is 2. The zero-order valence-corrected chi connectivity index (χ0v) is 29.7. The number of halogens is 1. The van der Waals surface area contributed by atoms with E-state index in [1.54, 1.807) is 65.4 Å². The molecule has 0 saturated carbocycles. The summed E-state index contributed by atoms with van der Waals surface area (Å²) in [4.78, 5) is 56.1. The SMILES string of the molecule is C[C@@H]1[C@@H]([Si](C)(C)O)[C@H](CC(=O)N2CCC[C@H]2CO)O[C@@]12C(=O)N(Cc1cccc(NC(=O)[C@H]3O[C@@H](O)[C@H](O)[C@@H](O)[C@@H]3O)c1)c1ccc(Cl)cc12. The summed E-state index contributed by atoms with van der Waals surface area (Å²) in [6.45, 7) is 5.84. The van der Waals surface area contributed by atoms with E-state index in [1.165, 1.54) is 0 Å². The van der Waals surface area contributed by atoms with Gasteiger partial charge in [-0.25, -0.2) is 0 Å². The van der Waals surface area contributed by atoms with Crippen LogP contribution in [0.25, 0.3) is 0 Å². The summed E-state index contributed by atoms with van der Waals surface area (Å²) < 4.78 is 11.8. The van der Waals surface area contributed by atoms with Gasteiger partial charge in [0.15, 0.2) is 26.3 Å². The van der Waals surface area contributed by atoms with Crippen LogP contribution in [0.3, 0.4) is 0 Å². The van der Waals surface area contributed by atoms with E-state index in [-0.39, 0.29) is 43.1 Å². The molecule has 2 aromatic carbocycles. The highest BCUT2D eigenvalue weighted by Gasteiger charge is 2.66. The standard InChI is InChI=1S/C34H44ClN3O11Si/c1-17-30(50(2,3)47)24(14-25(40)37-11-5-8-21(37)16-39)49-34(17)22-13-19(35)9-10-23(22)38(33(34)46)15-18-6-4-7-20(12-18)36-31(44)29-27(42)26(41)28(43)32(45)48-29/h4,6-7,9-10,12-13,17,21,24,26-30,32,39,41-43,45,47H,5,8,11,14-16H2,1-3H3,(H,36,44)/t17-,21+,24+,26+,27+,28-,29+,30-,32-,34+/m1/s1. The average molecular weight is 734 g/mol. The van der Waals surface area contributed by atoms with Gasteiger partial charge in [0.2, 0.25) is 5.91 Å². The molecule has 3 fully saturated rings. The number of carbonyl (C=O) groups is 3. The van der Waals surface area contributed by atoms with Gasteiger partial charge in [-0.05, 0) is 61.8 Å². The molecular formula is C34H44ClN3O11Si. The lowest BCUT2D eigenvalue weighted by atomic mass is 9.82. The van der Waals surface area contributed by atoms with E-state index in [1.807, 2.05) is 6.92 Å². The molecule has 0 aliphatic carbocycles. The Morgan fingerprint density at radius 2 is 1.82 bits per heavy atom. The van der Waals surface area contributed by atoms with E-state index in [4.69, 9.17) is 21.1 Å². The fraction of sp³-hybridized carbons (Fsp3) is 0.559. The lowest BCUT2D eigenvalue weighted by Gasteiger charge is -2.37. The van der Waals surface area contributed by atoms with Crippen LogP contribution < -0.4 is 10.2 Å². The van der Waals surface area contributed by atoms with Crippen molar-refractivity contribution in [1.29, 1.82) is 0 Å². The van der Waals surface area contributed by atoms with Crippen LogP contribution in [0.4, 0.5) is 11.4 Å². The maximum atomic E-state index is 14.7. The number of amides is 3. The number of anilines is 2. The minimum Gasteiger partial charge on any atom is -0.432 e. The molecule has 4 aliphatic heterocycles. The van der Waals surface area contributed by atoms with Gasteiger partial charge in [-0.2, -0.15) is 0 Å². The zero-order chi connectivity index (χ0) is 36.3. The Labute approximate surface area is 295 Å². The van der Waals surface area contributed by atoms with Crippen molar-refractivity contribution < 1.29 is 54.2 Å². The summed E-state index contributed by atoms with van der Waals surface area (Å²) in [5, 5.41) is 52.7. The number of rotatable bonds is 8. The molecular weight excluding hydrogens is 690 g/mol. The molecule has 4 heterocycles. The van der Waals surface area contributed by atoms with Crippen LogP contribution in [-0.2, 0) is 36.0 Å². The van der Waals surface area contributed by atoms with Crippen LogP contribution >= 0.6 is 11.6 Å². The Morgan fingerprint density at radius 1 is 1.08 bits per heavy atom. The van der Waals surface area contributed by atoms with E-state index in [0.29, 0.717) is 34.8 Å². The first-order valence-corrected chi connectivity index (χ1v) is 20.2. The number of fused-ring (bicyclic) bond motifs is 2. The van der Waals surface area contributed by atoms with Crippen molar-refractivity contribution in [2.45, 2.75) is 99.8 Å². The number of likely N-dealkylation sites (tertiary alicyclic amines) is 1. The molecule has 0 radical (unpaired) electrons. The summed E-state index contributed by atoms with van der Waals surface area (Å²) in [7, 11) is -3.05. The van der Waals surface area contributed by atoms with Crippen molar-refractivity contribution in [2.75, 3.05) is 23.4 Å². The van der Waals surface area contributed by atoms with E-state index in [9.17, 15) is 44.7 Å². The molecule has 14 nitrogen and oxygen atoms in total. The maximum absolute atomic E-state index is 14.7. The summed E-state index contributed by atoms with van der Waals surface area (Å²) in [6.07, 6.45) is -8.29. The van der Waals surface area contributed by atoms with Crippen LogP contribution in [0.5, 0.6) is 0 Å². The lowest BCUT2D eigenvalue weighted by molar-refractivity contribution is -0.274. The van der Waals surface area contributed by atoms with E-state index in [0.717, 1.165) is 6.42 Å². The normalized spacial score (nSPS) is 34.0. The minimum atomic E-state index is -3.05. The van der Waals surface area contributed by atoms with Gasteiger partial charge in [0.25, 0.3) is 11.8 Å². The van der Waals surface area contributed by atoms with Gasteiger partial charge in [-0.3, -0.25) is 14.4 Å². The van der Waals surface area contributed by atoms with Gasteiger partial charge in [-0.15, -0.1) is 0 Å². The third-order valence-electron chi connectivity index (χ3n) is 10.6. The first-order chi connectivity index (χ1) is 23.6. The van der Waals surface area contributed by atoms with Crippen molar-refractivity contribution >= 4 is 49.0 Å². The fourth-order valence-electron chi connectivity index (χ4n) is 8.27. The van der Waals surface area contributed by atoms with Crippen molar-refractivity contribution in [3.8, 4) is 0 Å². The van der Waals surface area contributed by atoms with Crippen LogP contribution in [0, 0.1) is 5.92 Å². The Bertz CT molecular complexity index is 1640. The molecule has 0 bridgehead atoms. The third-order valence-corrected chi connectivity index (χ3v) is 13.4. The van der Waals surface area contributed by atoms with E-state index in [2.05, 4.69) is 5.32 Å².